The van der Waals surface area contributed by atoms with Crippen molar-refractivity contribution in [1.82, 2.24) is 15.0 Å². The molecule has 0 aliphatic heterocycles. The van der Waals surface area contributed by atoms with Crippen molar-refractivity contribution < 1.29 is 9.90 Å². The van der Waals surface area contributed by atoms with Crippen molar-refractivity contribution in [3.8, 4) is 0 Å². The molecule has 0 fully saturated rings. The van der Waals surface area contributed by atoms with Gasteiger partial charge in [-0.05, 0) is 50.2 Å². The maximum absolute atomic E-state index is 10.9. The maximum atomic E-state index is 10.9. The van der Waals surface area contributed by atoms with Crippen molar-refractivity contribution >= 4 is 17.7 Å². The fraction of sp³-hybridized carbons (Fsp3) is 0.231. The molecule has 0 bridgehead atoms. The third-order valence-corrected chi connectivity index (χ3v) is 3.55. The van der Waals surface area contributed by atoms with E-state index in [9.17, 15) is 4.79 Å². The monoisotopic (exact) mass is 275 g/mol. The van der Waals surface area contributed by atoms with Gasteiger partial charge in [0.2, 0.25) is 0 Å². The van der Waals surface area contributed by atoms with Crippen LogP contribution in [-0.4, -0.2) is 26.0 Å². The number of nitrogens with zero attached hydrogens (tertiary/aromatic N) is 3. The van der Waals surface area contributed by atoms with E-state index >= 15 is 0 Å². The van der Waals surface area contributed by atoms with E-state index in [0.717, 1.165) is 17.0 Å². The van der Waals surface area contributed by atoms with E-state index in [-0.39, 0.29) is 5.69 Å². The first kappa shape index (κ1) is 13.5. The number of aromatic nitrogens is 3. The van der Waals surface area contributed by atoms with Crippen LogP contribution in [0.25, 0.3) is 0 Å². The molecule has 98 valence electrons. The van der Waals surface area contributed by atoms with E-state index in [1.807, 2.05) is 20.8 Å². The summed E-state index contributed by atoms with van der Waals surface area (Å²) in [6, 6.07) is 4.86. The summed E-state index contributed by atoms with van der Waals surface area (Å²) >= 11 is 1.26. The number of rotatable bonds is 3. The number of aromatic carboxylic acids is 1. The second-order valence-corrected chi connectivity index (χ2v) is 5.06. The van der Waals surface area contributed by atoms with Gasteiger partial charge in [-0.3, -0.25) is 0 Å². The van der Waals surface area contributed by atoms with Crippen LogP contribution >= 0.6 is 11.8 Å². The van der Waals surface area contributed by atoms with E-state index in [0.29, 0.717) is 10.2 Å². The quantitative estimate of drug-likeness (QED) is 0.868. The molecule has 1 N–H and O–H groups in total. The Morgan fingerprint density at radius 2 is 1.74 bits per heavy atom. The zero-order chi connectivity index (χ0) is 14.0. The van der Waals surface area contributed by atoms with Crippen molar-refractivity contribution in [3.63, 3.8) is 0 Å². The molecule has 2 aromatic heterocycles. The lowest BCUT2D eigenvalue weighted by atomic mass is 10.2. The largest absolute Gasteiger partial charge is 0.477 e. The molecular formula is C13H13N3O2S. The Balaban J connectivity index is 2.31. The lowest BCUT2D eigenvalue weighted by Gasteiger charge is -2.06. The molecule has 0 amide bonds. The summed E-state index contributed by atoms with van der Waals surface area (Å²) < 4.78 is 0. The number of hydrogen-bond donors (Lipinski definition) is 1. The number of pyridine rings is 1. The van der Waals surface area contributed by atoms with Gasteiger partial charge >= 0.3 is 5.97 Å². The lowest BCUT2D eigenvalue weighted by molar-refractivity contribution is 0.0689. The van der Waals surface area contributed by atoms with Gasteiger partial charge in [-0.15, -0.1) is 0 Å². The van der Waals surface area contributed by atoms with E-state index in [4.69, 9.17) is 5.11 Å². The second-order valence-electron chi connectivity index (χ2n) is 4.07. The SMILES string of the molecule is Cc1nc(Sc2cccc(C(=O)O)n2)nc(C)c1C. The molecule has 2 aromatic rings. The van der Waals surface area contributed by atoms with Crippen LogP contribution in [0, 0.1) is 20.8 Å². The van der Waals surface area contributed by atoms with E-state index < -0.39 is 5.97 Å². The zero-order valence-corrected chi connectivity index (χ0v) is 11.7. The number of aryl methyl sites for hydroxylation is 2. The summed E-state index contributed by atoms with van der Waals surface area (Å²) in [5.74, 6) is -1.04. The summed E-state index contributed by atoms with van der Waals surface area (Å²) in [7, 11) is 0. The Kier molecular flexibility index (Phi) is 3.80. The number of carboxylic acid groups (broad SMARTS) is 1. The predicted molar refractivity (Wildman–Crippen MR) is 71.6 cm³/mol. The van der Waals surface area contributed by atoms with Crippen molar-refractivity contribution in [2.24, 2.45) is 0 Å². The average Bonchev–Trinajstić information content (AvgIpc) is 2.36. The third kappa shape index (κ3) is 3.08. The third-order valence-electron chi connectivity index (χ3n) is 2.75. The molecule has 0 saturated heterocycles. The Bertz CT molecular complexity index is 621. The Labute approximate surface area is 115 Å². The molecule has 0 radical (unpaired) electrons. The highest BCUT2D eigenvalue weighted by molar-refractivity contribution is 7.99. The van der Waals surface area contributed by atoms with Crippen LogP contribution in [0.3, 0.4) is 0 Å². The predicted octanol–water partition coefficient (Wildman–Crippen LogP) is 2.65. The van der Waals surface area contributed by atoms with Crippen molar-refractivity contribution in [2.75, 3.05) is 0 Å². The molecule has 0 unspecified atom stereocenters. The highest BCUT2D eigenvalue weighted by Gasteiger charge is 2.09. The summed E-state index contributed by atoms with van der Waals surface area (Å²) in [5, 5.41) is 10.0. The van der Waals surface area contributed by atoms with E-state index in [2.05, 4.69) is 15.0 Å². The topological polar surface area (TPSA) is 76.0 Å². The van der Waals surface area contributed by atoms with Crippen LogP contribution in [0.4, 0.5) is 0 Å². The van der Waals surface area contributed by atoms with Crippen molar-refractivity contribution in [1.29, 1.82) is 0 Å². The zero-order valence-electron chi connectivity index (χ0n) is 10.8. The molecule has 0 aromatic carbocycles. The Morgan fingerprint density at radius 3 is 2.32 bits per heavy atom. The maximum Gasteiger partial charge on any atom is 0.354 e. The highest BCUT2D eigenvalue weighted by Crippen LogP contribution is 2.24. The van der Waals surface area contributed by atoms with Gasteiger partial charge in [0.15, 0.2) is 5.16 Å². The van der Waals surface area contributed by atoms with Crippen molar-refractivity contribution in [3.05, 3.63) is 40.8 Å². The summed E-state index contributed by atoms with van der Waals surface area (Å²) in [4.78, 5) is 23.6. The van der Waals surface area contributed by atoms with Gasteiger partial charge in [-0.25, -0.2) is 19.7 Å². The van der Waals surface area contributed by atoms with Gasteiger partial charge in [0.25, 0.3) is 0 Å². The van der Waals surface area contributed by atoms with Gasteiger partial charge < -0.3 is 5.11 Å². The number of carbonyl (C=O) groups is 1. The molecule has 2 heterocycles. The minimum Gasteiger partial charge on any atom is -0.477 e. The minimum atomic E-state index is -1.04. The van der Waals surface area contributed by atoms with Gasteiger partial charge in [0.05, 0.1) is 0 Å². The van der Waals surface area contributed by atoms with Crippen LogP contribution in [0.15, 0.2) is 28.4 Å². The molecule has 6 heteroatoms. The van der Waals surface area contributed by atoms with Crippen LogP contribution in [-0.2, 0) is 0 Å². The van der Waals surface area contributed by atoms with Crippen LogP contribution in [0.5, 0.6) is 0 Å². The molecule has 19 heavy (non-hydrogen) atoms. The minimum absolute atomic E-state index is 0.0190. The van der Waals surface area contributed by atoms with Gasteiger partial charge in [0, 0.05) is 11.4 Å². The molecular weight excluding hydrogens is 262 g/mol. The molecule has 5 nitrogen and oxygen atoms in total. The van der Waals surface area contributed by atoms with Gasteiger partial charge in [-0.1, -0.05) is 6.07 Å². The molecule has 0 aliphatic carbocycles. The van der Waals surface area contributed by atoms with E-state index in [1.54, 1.807) is 12.1 Å². The average molecular weight is 275 g/mol. The standard InChI is InChI=1S/C13H13N3O2S/c1-7-8(2)14-13(15-9(7)3)19-11-6-4-5-10(16-11)12(17)18/h4-6H,1-3H3,(H,17,18). The van der Waals surface area contributed by atoms with Crippen LogP contribution in [0.1, 0.15) is 27.4 Å². The summed E-state index contributed by atoms with van der Waals surface area (Å²) in [5.41, 5.74) is 2.93. The van der Waals surface area contributed by atoms with Crippen LogP contribution in [0.2, 0.25) is 0 Å². The lowest BCUT2D eigenvalue weighted by Crippen LogP contribution is -2.01. The van der Waals surface area contributed by atoms with Crippen molar-refractivity contribution in [2.45, 2.75) is 31.0 Å². The number of hydrogen-bond acceptors (Lipinski definition) is 5. The van der Waals surface area contributed by atoms with E-state index in [1.165, 1.54) is 17.8 Å². The summed E-state index contributed by atoms with van der Waals surface area (Å²) in [6.07, 6.45) is 0. The first-order valence-electron chi connectivity index (χ1n) is 5.67. The second kappa shape index (κ2) is 5.36. The smallest absolute Gasteiger partial charge is 0.354 e. The Hall–Kier alpha value is -1.95. The first-order chi connectivity index (χ1) is 8.97. The van der Waals surface area contributed by atoms with Crippen LogP contribution < -0.4 is 0 Å². The normalized spacial score (nSPS) is 10.5. The fourth-order valence-corrected chi connectivity index (χ4v) is 2.31. The molecule has 0 atom stereocenters. The highest BCUT2D eigenvalue weighted by atomic mass is 32.2. The first-order valence-corrected chi connectivity index (χ1v) is 6.49. The molecule has 2 rings (SSSR count). The van der Waals surface area contributed by atoms with Gasteiger partial charge in [0.1, 0.15) is 10.7 Å². The number of carboxylic acids is 1. The molecule has 0 saturated carbocycles. The Morgan fingerprint density at radius 1 is 1.11 bits per heavy atom. The molecule has 0 aliphatic rings. The summed E-state index contributed by atoms with van der Waals surface area (Å²) in [6.45, 7) is 5.83. The molecule has 0 spiro atoms. The van der Waals surface area contributed by atoms with Gasteiger partial charge in [-0.2, -0.15) is 0 Å². The fourth-order valence-electron chi connectivity index (χ4n) is 1.47.